The van der Waals surface area contributed by atoms with E-state index in [0.29, 0.717) is 25.2 Å². The van der Waals surface area contributed by atoms with Gasteiger partial charge in [0.2, 0.25) is 0 Å². The third-order valence-corrected chi connectivity index (χ3v) is 4.56. The van der Waals surface area contributed by atoms with E-state index in [1.165, 1.54) is 12.3 Å². The first kappa shape index (κ1) is 17.1. The van der Waals surface area contributed by atoms with Crippen molar-refractivity contribution >= 4 is 11.6 Å². The van der Waals surface area contributed by atoms with Crippen LogP contribution in [0, 0.1) is 5.82 Å². The van der Waals surface area contributed by atoms with Crippen LogP contribution in [-0.2, 0) is 13.1 Å². The van der Waals surface area contributed by atoms with Crippen molar-refractivity contribution in [1.29, 1.82) is 0 Å². The summed E-state index contributed by atoms with van der Waals surface area (Å²) in [6.45, 7) is 1.35. The molecule has 6 heteroatoms. The van der Waals surface area contributed by atoms with Crippen molar-refractivity contribution in [1.82, 2.24) is 9.88 Å². The van der Waals surface area contributed by atoms with Crippen LogP contribution in [0.4, 0.5) is 4.39 Å². The van der Waals surface area contributed by atoms with E-state index >= 15 is 0 Å². The molecule has 1 heterocycles. The maximum Gasteiger partial charge on any atom is 0.136 e. The van der Waals surface area contributed by atoms with Gasteiger partial charge in [-0.3, -0.25) is 4.90 Å². The summed E-state index contributed by atoms with van der Waals surface area (Å²) in [5, 5.41) is 10.4. The first-order valence-electron chi connectivity index (χ1n) is 7.86. The van der Waals surface area contributed by atoms with Crippen LogP contribution >= 0.6 is 11.6 Å². The number of hydrogen-bond donors (Lipinski definition) is 1. The van der Waals surface area contributed by atoms with Crippen molar-refractivity contribution in [3.8, 4) is 5.75 Å². The number of aliphatic hydroxyl groups is 1. The number of rotatable bonds is 7. The average Bonchev–Trinajstić information content (AvgIpc) is 3.29. The lowest BCUT2D eigenvalue weighted by molar-refractivity contribution is 0.0838. The quantitative estimate of drug-likeness (QED) is 0.777. The molecule has 3 rings (SSSR count). The van der Waals surface area contributed by atoms with E-state index in [9.17, 15) is 9.50 Å². The summed E-state index contributed by atoms with van der Waals surface area (Å²) in [4.78, 5) is 5.96. The first-order chi connectivity index (χ1) is 11.5. The monoisotopic (exact) mass is 350 g/mol. The van der Waals surface area contributed by atoms with Crippen LogP contribution in [0.3, 0.4) is 0 Å². The van der Waals surface area contributed by atoms with Gasteiger partial charge in [0.05, 0.1) is 12.7 Å². The zero-order chi connectivity index (χ0) is 17.2. The third-order valence-electron chi connectivity index (χ3n) is 4.24. The smallest absolute Gasteiger partial charge is 0.136 e. The Morgan fingerprint density at radius 1 is 1.25 bits per heavy atom. The Balaban J connectivity index is 1.77. The van der Waals surface area contributed by atoms with Gasteiger partial charge in [0, 0.05) is 31.4 Å². The zero-order valence-corrected chi connectivity index (χ0v) is 14.3. The van der Waals surface area contributed by atoms with Gasteiger partial charge in [0.15, 0.2) is 0 Å². The number of benzene rings is 1. The number of nitrogens with zero attached hydrogens (tertiary/aromatic N) is 2. The van der Waals surface area contributed by atoms with Gasteiger partial charge < -0.3 is 9.84 Å². The molecule has 128 valence electrons. The molecule has 1 aliphatic carbocycles. The van der Waals surface area contributed by atoms with Gasteiger partial charge in [-0.25, -0.2) is 9.37 Å². The summed E-state index contributed by atoms with van der Waals surface area (Å²) in [6, 6.07) is 9.00. The van der Waals surface area contributed by atoms with Crippen LogP contribution < -0.4 is 4.74 Å². The normalized spacial score (nSPS) is 15.5. The van der Waals surface area contributed by atoms with E-state index in [1.807, 2.05) is 29.2 Å². The van der Waals surface area contributed by atoms with Crippen LogP contribution in [0.2, 0.25) is 5.15 Å². The molecular formula is C18H20ClFN2O2. The second kappa shape index (κ2) is 7.05. The van der Waals surface area contributed by atoms with Gasteiger partial charge in [-0.05, 0) is 36.6 Å². The lowest BCUT2D eigenvalue weighted by atomic mass is 10.1. The van der Waals surface area contributed by atoms with Crippen molar-refractivity contribution < 1.29 is 14.2 Å². The van der Waals surface area contributed by atoms with Gasteiger partial charge in [-0.15, -0.1) is 0 Å². The fourth-order valence-corrected chi connectivity index (χ4v) is 2.89. The standard InChI is InChI=1S/C18H20ClFN2O2/c1-24-14-4-2-13(3-5-14)10-22(12-18(23)7-8-18)11-15-16(20)6-9-21-17(15)19/h2-6,9,23H,7-8,10-12H2,1H3. The van der Waals surface area contributed by atoms with Crippen molar-refractivity contribution in [3.05, 3.63) is 58.6 Å². The number of methoxy groups -OCH3 is 1. The van der Waals surface area contributed by atoms with Crippen molar-refractivity contribution in [2.45, 2.75) is 31.5 Å². The Bertz CT molecular complexity index is 684. The largest absolute Gasteiger partial charge is 0.497 e. The molecule has 1 N–H and O–H groups in total. The highest BCUT2D eigenvalue weighted by atomic mass is 35.5. The van der Waals surface area contributed by atoms with Crippen molar-refractivity contribution in [2.24, 2.45) is 0 Å². The minimum atomic E-state index is -0.669. The molecule has 1 aromatic carbocycles. The lowest BCUT2D eigenvalue weighted by Crippen LogP contribution is -2.33. The molecule has 0 atom stereocenters. The van der Waals surface area contributed by atoms with E-state index in [4.69, 9.17) is 16.3 Å². The van der Waals surface area contributed by atoms with Gasteiger partial charge in [-0.2, -0.15) is 0 Å². The van der Waals surface area contributed by atoms with E-state index in [2.05, 4.69) is 4.98 Å². The predicted molar refractivity (Wildman–Crippen MR) is 90.5 cm³/mol. The van der Waals surface area contributed by atoms with Crippen LogP contribution in [0.1, 0.15) is 24.0 Å². The molecule has 1 fully saturated rings. The second-order valence-electron chi connectivity index (χ2n) is 6.28. The molecule has 0 aliphatic heterocycles. The highest BCUT2D eigenvalue weighted by Crippen LogP contribution is 2.36. The molecule has 0 bridgehead atoms. The molecule has 0 saturated heterocycles. The summed E-state index contributed by atoms with van der Waals surface area (Å²) in [5.41, 5.74) is 0.745. The lowest BCUT2D eigenvalue weighted by Gasteiger charge is -2.25. The van der Waals surface area contributed by atoms with Gasteiger partial charge in [-0.1, -0.05) is 23.7 Å². The minimum Gasteiger partial charge on any atom is -0.497 e. The Morgan fingerprint density at radius 3 is 2.54 bits per heavy atom. The Hall–Kier alpha value is -1.69. The van der Waals surface area contributed by atoms with E-state index < -0.39 is 5.60 Å². The highest BCUT2D eigenvalue weighted by molar-refractivity contribution is 6.30. The van der Waals surface area contributed by atoms with Crippen LogP contribution in [0.15, 0.2) is 36.5 Å². The number of pyridine rings is 1. The molecule has 24 heavy (non-hydrogen) atoms. The third kappa shape index (κ3) is 4.23. The van der Waals surface area contributed by atoms with Crippen LogP contribution in [0.5, 0.6) is 5.75 Å². The summed E-state index contributed by atoms with van der Waals surface area (Å²) in [6.07, 6.45) is 2.90. The minimum absolute atomic E-state index is 0.164. The van der Waals surface area contributed by atoms with Crippen molar-refractivity contribution in [2.75, 3.05) is 13.7 Å². The molecule has 0 radical (unpaired) electrons. The molecule has 1 aromatic heterocycles. The highest BCUT2D eigenvalue weighted by Gasteiger charge is 2.41. The molecule has 2 aromatic rings. The second-order valence-corrected chi connectivity index (χ2v) is 6.64. The average molecular weight is 351 g/mol. The molecule has 0 unspecified atom stereocenters. The predicted octanol–water partition coefficient (Wildman–Crippen LogP) is 3.41. The van der Waals surface area contributed by atoms with Gasteiger partial charge in [0.1, 0.15) is 16.7 Å². The van der Waals surface area contributed by atoms with E-state index in [0.717, 1.165) is 24.2 Å². The Morgan fingerprint density at radius 2 is 1.96 bits per heavy atom. The van der Waals surface area contributed by atoms with Gasteiger partial charge >= 0.3 is 0 Å². The van der Waals surface area contributed by atoms with Gasteiger partial charge in [0.25, 0.3) is 0 Å². The molecular weight excluding hydrogens is 331 g/mol. The summed E-state index contributed by atoms with van der Waals surface area (Å²) >= 11 is 6.05. The summed E-state index contributed by atoms with van der Waals surface area (Å²) in [5.74, 6) is 0.407. The molecule has 0 spiro atoms. The Kier molecular flexibility index (Phi) is 5.04. The summed E-state index contributed by atoms with van der Waals surface area (Å²) < 4.78 is 19.2. The number of hydrogen-bond acceptors (Lipinski definition) is 4. The fraction of sp³-hybridized carbons (Fsp3) is 0.389. The van der Waals surface area contributed by atoms with Crippen molar-refractivity contribution in [3.63, 3.8) is 0 Å². The fourth-order valence-electron chi connectivity index (χ4n) is 2.69. The summed E-state index contributed by atoms with van der Waals surface area (Å²) in [7, 11) is 1.62. The van der Waals surface area contributed by atoms with Crippen LogP contribution in [-0.4, -0.2) is 34.2 Å². The van der Waals surface area contributed by atoms with Crippen LogP contribution in [0.25, 0.3) is 0 Å². The topological polar surface area (TPSA) is 45.6 Å². The first-order valence-corrected chi connectivity index (χ1v) is 8.23. The molecule has 4 nitrogen and oxygen atoms in total. The van der Waals surface area contributed by atoms with E-state index in [-0.39, 0.29) is 11.0 Å². The number of aromatic nitrogens is 1. The molecule has 0 amide bonds. The maximum absolute atomic E-state index is 14.1. The number of halogens is 2. The molecule has 1 aliphatic rings. The Labute approximate surface area is 145 Å². The SMILES string of the molecule is COc1ccc(CN(Cc2c(F)ccnc2Cl)CC2(O)CC2)cc1. The van der Waals surface area contributed by atoms with E-state index in [1.54, 1.807) is 7.11 Å². The number of ether oxygens (including phenoxy) is 1. The molecule has 1 saturated carbocycles. The zero-order valence-electron chi connectivity index (χ0n) is 13.5. The maximum atomic E-state index is 14.1.